The van der Waals surface area contributed by atoms with E-state index in [1.807, 2.05) is 26.0 Å². The van der Waals surface area contributed by atoms with E-state index in [2.05, 4.69) is 0 Å². The molecule has 2 aromatic rings. The molecule has 0 spiro atoms. The first-order chi connectivity index (χ1) is 11.5. The van der Waals surface area contributed by atoms with Crippen LogP contribution < -0.4 is 15.3 Å². The predicted octanol–water partition coefficient (Wildman–Crippen LogP) is 1.43. The number of aliphatic hydroxyl groups is 1. The number of hydrogen-bond donors (Lipinski definition) is 2. The fourth-order valence-electron chi connectivity index (χ4n) is 4.17. The van der Waals surface area contributed by atoms with E-state index in [-0.39, 0.29) is 11.7 Å². The molecule has 2 aliphatic heterocycles. The molecule has 1 aromatic heterocycles. The summed E-state index contributed by atoms with van der Waals surface area (Å²) in [7, 11) is 0. The zero-order valence-electron chi connectivity index (χ0n) is 14.2. The monoisotopic (exact) mass is 330 g/mol. The van der Waals surface area contributed by atoms with Crippen molar-refractivity contribution >= 4 is 11.0 Å². The van der Waals surface area contributed by atoms with Crippen LogP contribution in [0.1, 0.15) is 44.7 Å². The fourth-order valence-corrected chi connectivity index (χ4v) is 4.17. The van der Waals surface area contributed by atoms with E-state index in [1.54, 1.807) is 6.07 Å². The SMILES string of the molecule is CC1(C)Oc2ccc3ccc(=O)oc3c2[C@H]([NH+]2CCCCC2)[C@H]1O. The number of likely N-dealkylation sites (tertiary alicyclic amines) is 1. The molecule has 24 heavy (non-hydrogen) atoms. The Kier molecular flexibility index (Phi) is 3.66. The predicted molar refractivity (Wildman–Crippen MR) is 90.5 cm³/mol. The summed E-state index contributed by atoms with van der Waals surface area (Å²) in [5.74, 6) is 0.718. The number of hydrogen-bond acceptors (Lipinski definition) is 4. The lowest BCUT2D eigenvalue weighted by atomic mass is 9.84. The highest BCUT2D eigenvalue weighted by molar-refractivity contribution is 5.82. The summed E-state index contributed by atoms with van der Waals surface area (Å²) >= 11 is 0. The van der Waals surface area contributed by atoms with Crippen molar-refractivity contribution in [1.82, 2.24) is 0 Å². The Balaban J connectivity index is 1.95. The first kappa shape index (κ1) is 15.7. The molecule has 4 rings (SSSR count). The third kappa shape index (κ3) is 2.43. The van der Waals surface area contributed by atoms with E-state index in [1.165, 1.54) is 17.4 Å². The lowest BCUT2D eigenvalue weighted by Crippen LogP contribution is -3.14. The zero-order valence-corrected chi connectivity index (χ0v) is 14.2. The van der Waals surface area contributed by atoms with Crippen molar-refractivity contribution in [3.63, 3.8) is 0 Å². The van der Waals surface area contributed by atoms with Crippen molar-refractivity contribution in [2.45, 2.75) is 50.9 Å². The van der Waals surface area contributed by atoms with Gasteiger partial charge in [0.2, 0.25) is 0 Å². The molecule has 5 heteroatoms. The van der Waals surface area contributed by atoms with Crippen molar-refractivity contribution in [2.24, 2.45) is 0 Å². The average molecular weight is 330 g/mol. The number of aliphatic hydroxyl groups excluding tert-OH is 1. The molecular weight excluding hydrogens is 306 g/mol. The third-order valence-corrected chi connectivity index (χ3v) is 5.44. The lowest BCUT2D eigenvalue weighted by Gasteiger charge is -2.45. The average Bonchev–Trinajstić information content (AvgIpc) is 2.56. The van der Waals surface area contributed by atoms with E-state index in [9.17, 15) is 9.90 Å². The summed E-state index contributed by atoms with van der Waals surface area (Å²) in [6, 6.07) is 6.91. The molecule has 2 N–H and O–H groups in total. The number of nitrogens with one attached hydrogen (secondary N) is 1. The standard InChI is InChI=1S/C19H23NO4/c1-19(2)18(22)16(20-10-4-3-5-11-20)15-13(24-19)8-6-12-7-9-14(21)23-17(12)15/h6-9,16,18,22H,3-5,10-11H2,1-2H3/p+1/t16-,18+/m0/s1. The summed E-state index contributed by atoms with van der Waals surface area (Å²) in [4.78, 5) is 13.1. The quantitative estimate of drug-likeness (QED) is 0.777. The molecule has 1 fully saturated rings. The summed E-state index contributed by atoms with van der Waals surface area (Å²) in [6.45, 7) is 5.88. The molecule has 3 heterocycles. The van der Waals surface area contributed by atoms with Gasteiger partial charge in [-0.25, -0.2) is 4.79 Å². The highest BCUT2D eigenvalue weighted by Crippen LogP contribution is 2.42. The van der Waals surface area contributed by atoms with Crippen LogP contribution in [0, 0.1) is 0 Å². The number of quaternary nitrogens is 1. The molecule has 1 saturated heterocycles. The van der Waals surface area contributed by atoms with Crippen molar-refractivity contribution in [2.75, 3.05) is 13.1 Å². The first-order valence-electron chi connectivity index (χ1n) is 8.76. The molecule has 2 aliphatic rings. The maximum absolute atomic E-state index is 11.8. The van der Waals surface area contributed by atoms with Crippen molar-refractivity contribution in [3.8, 4) is 5.75 Å². The van der Waals surface area contributed by atoms with Gasteiger partial charge in [-0.1, -0.05) is 0 Å². The van der Waals surface area contributed by atoms with Gasteiger partial charge in [0.15, 0.2) is 11.6 Å². The van der Waals surface area contributed by atoms with E-state index in [0.717, 1.165) is 42.6 Å². The minimum absolute atomic E-state index is 0.140. The van der Waals surface area contributed by atoms with Gasteiger partial charge in [-0.05, 0) is 51.3 Å². The number of piperidine rings is 1. The zero-order chi connectivity index (χ0) is 16.9. The van der Waals surface area contributed by atoms with Gasteiger partial charge in [-0.3, -0.25) is 0 Å². The van der Waals surface area contributed by atoms with Gasteiger partial charge in [0.05, 0.1) is 18.7 Å². The van der Waals surface area contributed by atoms with E-state index in [0.29, 0.717) is 5.58 Å². The summed E-state index contributed by atoms with van der Waals surface area (Å²) in [5, 5.41) is 11.9. The Bertz CT molecular complexity index is 820. The highest BCUT2D eigenvalue weighted by Gasteiger charge is 2.49. The summed E-state index contributed by atoms with van der Waals surface area (Å²) < 4.78 is 11.6. The van der Waals surface area contributed by atoms with Gasteiger partial charge >= 0.3 is 5.63 Å². The van der Waals surface area contributed by atoms with Crippen LogP contribution in [0.2, 0.25) is 0 Å². The molecule has 5 nitrogen and oxygen atoms in total. The Hall–Kier alpha value is -1.85. The van der Waals surface area contributed by atoms with Gasteiger partial charge in [0.25, 0.3) is 0 Å². The van der Waals surface area contributed by atoms with Crippen LogP contribution in [-0.2, 0) is 0 Å². The smallest absolute Gasteiger partial charge is 0.336 e. The maximum Gasteiger partial charge on any atom is 0.336 e. The molecule has 0 saturated carbocycles. The van der Waals surface area contributed by atoms with Gasteiger partial charge in [-0.2, -0.15) is 0 Å². The first-order valence-corrected chi connectivity index (χ1v) is 8.76. The minimum Gasteiger partial charge on any atom is -0.484 e. The van der Waals surface area contributed by atoms with Gasteiger partial charge < -0.3 is 19.2 Å². The number of rotatable bonds is 1. The van der Waals surface area contributed by atoms with Crippen LogP contribution in [0.4, 0.5) is 0 Å². The molecule has 2 atom stereocenters. The van der Waals surface area contributed by atoms with Crippen molar-refractivity contribution < 1.29 is 19.2 Å². The van der Waals surface area contributed by atoms with Gasteiger partial charge in [0.1, 0.15) is 17.5 Å². The Morgan fingerprint density at radius 3 is 2.58 bits per heavy atom. The largest absolute Gasteiger partial charge is 0.484 e. The van der Waals surface area contributed by atoms with E-state index in [4.69, 9.17) is 9.15 Å². The maximum atomic E-state index is 11.8. The van der Waals surface area contributed by atoms with Crippen LogP contribution in [0.25, 0.3) is 11.0 Å². The van der Waals surface area contributed by atoms with Crippen LogP contribution in [0.3, 0.4) is 0 Å². The van der Waals surface area contributed by atoms with E-state index < -0.39 is 11.7 Å². The Morgan fingerprint density at radius 1 is 1.12 bits per heavy atom. The van der Waals surface area contributed by atoms with Crippen molar-refractivity contribution in [3.05, 3.63) is 40.2 Å². The van der Waals surface area contributed by atoms with Crippen LogP contribution >= 0.6 is 0 Å². The Morgan fingerprint density at radius 2 is 1.83 bits per heavy atom. The Labute approximate surface area is 140 Å². The van der Waals surface area contributed by atoms with Crippen LogP contribution in [-0.4, -0.2) is 29.9 Å². The molecule has 0 bridgehead atoms. The summed E-state index contributed by atoms with van der Waals surface area (Å²) in [5.41, 5.74) is 0.347. The molecular formula is C19H24NO4+. The lowest BCUT2D eigenvalue weighted by molar-refractivity contribution is -0.941. The van der Waals surface area contributed by atoms with Crippen LogP contribution in [0.5, 0.6) is 5.75 Å². The minimum atomic E-state index is -0.676. The molecule has 0 amide bonds. The number of ether oxygens (including phenoxy) is 1. The molecule has 1 aromatic carbocycles. The molecule has 0 radical (unpaired) electrons. The second-order valence-electron chi connectivity index (χ2n) is 7.50. The second-order valence-corrected chi connectivity index (χ2v) is 7.50. The number of benzene rings is 1. The highest BCUT2D eigenvalue weighted by atomic mass is 16.5. The topological polar surface area (TPSA) is 64.1 Å². The third-order valence-electron chi connectivity index (χ3n) is 5.44. The number of fused-ring (bicyclic) bond motifs is 3. The fraction of sp³-hybridized carbons (Fsp3) is 0.526. The molecule has 0 aliphatic carbocycles. The second kappa shape index (κ2) is 5.60. The van der Waals surface area contributed by atoms with Crippen molar-refractivity contribution in [1.29, 1.82) is 0 Å². The molecule has 0 unspecified atom stereocenters. The van der Waals surface area contributed by atoms with Gasteiger partial charge in [-0.15, -0.1) is 0 Å². The van der Waals surface area contributed by atoms with E-state index >= 15 is 0 Å². The van der Waals surface area contributed by atoms with Gasteiger partial charge in [0, 0.05) is 11.5 Å². The van der Waals surface area contributed by atoms with Crippen LogP contribution in [0.15, 0.2) is 33.5 Å². The molecule has 128 valence electrons. The normalized spacial score (nSPS) is 26.8. The summed E-state index contributed by atoms with van der Waals surface area (Å²) in [6.07, 6.45) is 2.89.